The molecule has 0 atom stereocenters. The molecule has 30 heavy (non-hydrogen) atoms. The van der Waals surface area contributed by atoms with Gasteiger partial charge in [-0.05, 0) is 45.9 Å². The van der Waals surface area contributed by atoms with Gasteiger partial charge in [0.05, 0.1) is 0 Å². The molecule has 0 spiro atoms. The minimum Gasteiger partial charge on any atom is -0.444 e. The lowest BCUT2D eigenvalue weighted by molar-refractivity contribution is 0.0527. The number of anilines is 1. The number of nitrogens with zero attached hydrogens (tertiary/aromatic N) is 4. The Bertz CT molecular complexity index is 678. The molecular formula is C21H37N7O2. The van der Waals surface area contributed by atoms with Crippen molar-refractivity contribution < 1.29 is 9.53 Å². The van der Waals surface area contributed by atoms with E-state index in [-0.39, 0.29) is 0 Å². The van der Waals surface area contributed by atoms with Crippen molar-refractivity contribution in [1.82, 2.24) is 25.8 Å². The number of likely N-dealkylation sites (N-methyl/N-ethyl adjacent to an activating group) is 1. The third-order valence-electron chi connectivity index (χ3n) is 4.63. The Labute approximate surface area is 180 Å². The molecule has 2 heterocycles. The second-order valence-corrected chi connectivity index (χ2v) is 8.45. The topological polar surface area (TPSA) is 94.1 Å². The van der Waals surface area contributed by atoms with Crippen LogP contribution in [0.25, 0.3) is 0 Å². The van der Waals surface area contributed by atoms with Gasteiger partial charge in [0.2, 0.25) is 0 Å². The van der Waals surface area contributed by atoms with Crippen LogP contribution < -0.4 is 20.9 Å². The highest BCUT2D eigenvalue weighted by Gasteiger charge is 2.16. The summed E-state index contributed by atoms with van der Waals surface area (Å²) in [6.45, 7) is 11.6. The van der Waals surface area contributed by atoms with Crippen molar-refractivity contribution >= 4 is 17.9 Å². The van der Waals surface area contributed by atoms with Crippen LogP contribution >= 0.6 is 0 Å². The van der Waals surface area contributed by atoms with Crippen LogP contribution in [0, 0.1) is 0 Å². The van der Waals surface area contributed by atoms with Crippen LogP contribution in [0.2, 0.25) is 0 Å². The third-order valence-corrected chi connectivity index (χ3v) is 4.63. The summed E-state index contributed by atoms with van der Waals surface area (Å²) in [6, 6.07) is 4.19. The Morgan fingerprint density at radius 1 is 1.13 bits per heavy atom. The summed E-state index contributed by atoms with van der Waals surface area (Å²) in [5.74, 6) is 1.75. The molecule has 0 aliphatic carbocycles. The van der Waals surface area contributed by atoms with Crippen molar-refractivity contribution in [2.75, 3.05) is 58.3 Å². The normalized spacial score (nSPS) is 15.6. The van der Waals surface area contributed by atoms with Crippen molar-refractivity contribution in [3.8, 4) is 0 Å². The standard InChI is InChI=1S/C21H37N7O2/c1-21(2,3)30-20(29)24-10-6-9-23-19(22-4)26-16-17-7-8-18(25-15-17)28-13-11-27(5)12-14-28/h7-8,15H,6,9-14,16H2,1-5H3,(H,24,29)(H2,22,23,26). The number of carbonyl (C=O) groups excluding carboxylic acids is 1. The first-order chi connectivity index (χ1) is 14.3. The first kappa shape index (κ1) is 23.7. The zero-order chi connectivity index (χ0) is 22.0. The Morgan fingerprint density at radius 2 is 1.83 bits per heavy atom. The molecule has 0 saturated carbocycles. The van der Waals surface area contributed by atoms with Crippen LogP contribution in [-0.4, -0.2) is 80.9 Å². The number of aliphatic imine (C=N–C) groups is 1. The van der Waals surface area contributed by atoms with E-state index >= 15 is 0 Å². The fourth-order valence-corrected chi connectivity index (χ4v) is 2.95. The molecule has 168 valence electrons. The molecule has 1 saturated heterocycles. The van der Waals surface area contributed by atoms with E-state index in [1.165, 1.54) is 0 Å². The summed E-state index contributed by atoms with van der Waals surface area (Å²) < 4.78 is 5.21. The van der Waals surface area contributed by atoms with Gasteiger partial charge in [0.15, 0.2) is 5.96 Å². The number of carbonyl (C=O) groups is 1. The molecule has 1 fully saturated rings. The monoisotopic (exact) mass is 419 g/mol. The lowest BCUT2D eigenvalue weighted by Crippen LogP contribution is -2.44. The summed E-state index contributed by atoms with van der Waals surface area (Å²) in [7, 11) is 3.89. The van der Waals surface area contributed by atoms with Crippen LogP contribution in [0.5, 0.6) is 0 Å². The molecule has 1 aromatic heterocycles. The van der Waals surface area contributed by atoms with Gasteiger partial charge >= 0.3 is 6.09 Å². The van der Waals surface area contributed by atoms with Crippen LogP contribution in [0.15, 0.2) is 23.3 Å². The number of hydrogen-bond acceptors (Lipinski definition) is 6. The summed E-state index contributed by atoms with van der Waals surface area (Å²) in [5, 5.41) is 9.28. The number of nitrogens with one attached hydrogen (secondary N) is 3. The zero-order valence-corrected chi connectivity index (χ0v) is 19.0. The maximum absolute atomic E-state index is 11.6. The van der Waals surface area contributed by atoms with Gasteiger partial charge in [-0.1, -0.05) is 6.07 Å². The first-order valence-electron chi connectivity index (χ1n) is 10.6. The fourth-order valence-electron chi connectivity index (χ4n) is 2.95. The van der Waals surface area contributed by atoms with E-state index in [0.29, 0.717) is 19.6 Å². The van der Waals surface area contributed by atoms with E-state index in [9.17, 15) is 4.79 Å². The number of hydrogen-bond donors (Lipinski definition) is 3. The minimum absolute atomic E-state index is 0.391. The van der Waals surface area contributed by atoms with E-state index in [1.54, 1.807) is 7.05 Å². The quantitative estimate of drug-likeness (QED) is 0.349. The van der Waals surface area contributed by atoms with Crippen LogP contribution in [0.1, 0.15) is 32.8 Å². The number of alkyl carbamates (subject to hydrolysis) is 1. The highest BCUT2D eigenvalue weighted by atomic mass is 16.6. The van der Waals surface area contributed by atoms with E-state index in [0.717, 1.165) is 49.9 Å². The van der Waals surface area contributed by atoms with Gasteiger partial charge in [-0.25, -0.2) is 9.78 Å². The van der Waals surface area contributed by atoms with Gasteiger partial charge in [0.1, 0.15) is 11.4 Å². The number of aromatic nitrogens is 1. The van der Waals surface area contributed by atoms with Crippen molar-refractivity contribution in [3.63, 3.8) is 0 Å². The smallest absolute Gasteiger partial charge is 0.407 e. The van der Waals surface area contributed by atoms with E-state index < -0.39 is 11.7 Å². The predicted molar refractivity (Wildman–Crippen MR) is 121 cm³/mol. The Balaban J connectivity index is 1.65. The van der Waals surface area contributed by atoms with Crippen molar-refractivity contribution in [2.45, 2.75) is 39.3 Å². The summed E-state index contributed by atoms with van der Waals surface area (Å²) in [6.07, 6.45) is 2.29. The second-order valence-electron chi connectivity index (χ2n) is 8.45. The molecule has 9 heteroatoms. The third kappa shape index (κ3) is 8.86. The van der Waals surface area contributed by atoms with E-state index in [1.807, 2.05) is 27.0 Å². The van der Waals surface area contributed by atoms with Crippen molar-refractivity contribution in [1.29, 1.82) is 0 Å². The molecule has 1 aliphatic rings. The molecule has 0 aromatic carbocycles. The summed E-state index contributed by atoms with van der Waals surface area (Å²) >= 11 is 0. The molecule has 2 rings (SSSR count). The van der Waals surface area contributed by atoms with Gasteiger partial charge in [0, 0.05) is 59.1 Å². The number of guanidine groups is 1. The molecule has 9 nitrogen and oxygen atoms in total. The fraction of sp³-hybridized carbons (Fsp3) is 0.667. The summed E-state index contributed by atoms with van der Waals surface area (Å²) in [5.41, 5.74) is 0.619. The van der Waals surface area contributed by atoms with E-state index in [2.05, 4.69) is 54.9 Å². The van der Waals surface area contributed by atoms with E-state index in [4.69, 9.17) is 4.74 Å². The SMILES string of the molecule is CN=C(NCCCNC(=O)OC(C)(C)C)NCc1ccc(N2CCN(C)CC2)nc1. The zero-order valence-electron chi connectivity index (χ0n) is 19.0. The highest BCUT2D eigenvalue weighted by Crippen LogP contribution is 2.13. The minimum atomic E-state index is -0.480. The van der Waals surface area contributed by atoms with Gasteiger partial charge in [-0.3, -0.25) is 4.99 Å². The second kappa shape index (κ2) is 11.6. The van der Waals surface area contributed by atoms with Gasteiger partial charge < -0.3 is 30.5 Å². The number of rotatable bonds is 7. The molecule has 0 radical (unpaired) electrons. The average molecular weight is 420 g/mol. The van der Waals surface area contributed by atoms with Crippen molar-refractivity contribution in [2.24, 2.45) is 4.99 Å². The molecule has 0 bridgehead atoms. The van der Waals surface area contributed by atoms with Gasteiger partial charge in [-0.2, -0.15) is 0 Å². The highest BCUT2D eigenvalue weighted by molar-refractivity contribution is 5.79. The average Bonchev–Trinajstić information content (AvgIpc) is 2.70. The molecule has 0 unspecified atom stereocenters. The van der Waals surface area contributed by atoms with Crippen LogP contribution in [0.4, 0.5) is 10.6 Å². The van der Waals surface area contributed by atoms with Crippen LogP contribution in [0.3, 0.4) is 0 Å². The summed E-state index contributed by atoms with van der Waals surface area (Å²) in [4.78, 5) is 25.1. The van der Waals surface area contributed by atoms with Gasteiger partial charge in [-0.15, -0.1) is 0 Å². The van der Waals surface area contributed by atoms with Gasteiger partial charge in [0.25, 0.3) is 0 Å². The predicted octanol–water partition coefficient (Wildman–Crippen LogP) is 1.41. The lowest BCUT2D eigenvalue weighted by Gasteiger charge is -2.33. The molecule has 3 N–H and O–H groups in total. The first-order valence-corrected chi connectivity index (χ1v) is 10.6. The molecular weight excluding hydrogens is 382 g/mol. The van der Waals surface area contributed by atoms with Crippen molar-refractivity contribution in [3.05, 3.63) is 23.9 Å². The number of pyridine rings is 1. The molecule has 1 amide bonds. The van der Waals surface area contributed by atoms with Crippen LogP contribution in [-0.2, 0) is 11.3 Å². The largest absolute Gasteiger partial charge is 0.444 e. The Hall–Kier alpha value is -2.55. The maximum Gasteiger partial charge on any atom is 0.407 e. The lowest BCUT2D eigenvalue weighted by atomic mass is 10.2. The number of piperazine rings is 1. The molecule has 1 aliphatic heterocycles. The Morgan fingerprint density at radius 3 is 2.43 bits per heavy atom. The maximum atomic E-state index is 11.6. The molecule has 1 aromatic rings. The Kier molecular flexibility index (Phi) is 9.16. The number of ether oxygens (including phenoxy) is 1. The number of amides is 1.